The van der Waals surface area contributed by atoms with E-state index in [1.165, 1.54) is 31.2 Å². The lowest BCUT2D eigenvalue weighted by atomic mass is 9.69. The predicted octanol–water partition coefficient (Wildman–Crippen LogP) is 4.03. The molecule has 1 fully saturated rings. The van der Waals surface area contributed by atoms with Gasteiger partial charge in [0.05, 0.1) is 6.07 Å². The second kappa shape index (κ2) is 6.73. The summed E-state index contributed by atoms with van der Waals surface area (Å²) in [5, 5.41) is 12.6. The highest BCUT2D eigenvalue weighted by Crippen LogP contribution is 2.41. The third kappa shape index (κ3) is 3.81. The molecule has 0 unspecified atom stereocenters. The number of hydrogen-bond acceptors (Lipinski definition) is 2. The van der Waals surface area contributed by atoms with Crippen LogP contribution in [0.2, 0.25) is 0 Å². The summed E-state index contributed by atoms with van der Waals surface area (Å²) in [4.78, 5) is 0. The van der Waals surface area contributed by atoms with Crippen LogP contribution in [0.3, 0.4) is 0 Å². The summed E-state index contributed by atoms with van der Waals surface area (Å²) in [5.41, 5.74) is 1.66. The zero-order valence-corrected chi connectivity index (χ0v) is 11.9. The van der Waals surface area contributed by atoms with Gasteiger partial charge in [-0.3, -0.25) is 0 Å². The van der Waals surface area contributed by atoms with Crippen LogP contribution in [0.5, 0.6) is 0 Å². The van der Waals surface area contributed by atoms with Gasteiger partial charge in [0.2, 0.25) is 0 Å². The zero-order valence-electron chi connectivity index (χ0n) is 11.9. The fourth-order valence-corrected chi connectivity index (χ4v) is 3.12. The maximum atomic E-state index is 8.97. The Morgan fingerprint density at radius 3 is 2.53 bits per heavy atom. The molecule has 0 aromatic heterocycles. The first kappa shape index (κ1) is 14.1. The molecule has 2 heteroatoms. The van der Waals surface area contributed by atoms with Gasteiger partial charge in [-0.1, -0.05) is 37.3 Å². The summed E-state index contributed by atoms with van der Waals surface area (Å²) >= 11 is 0. The molecule has 1 aliphatic rings. The molecule has 1 aliphatic carbocycles. The third-order valence-electron chi connectivity index (χ3n) is 4.69. The van der Waals surface area contributed by atoms with Crippen LogP contribution in [0.1, 0.15) is 51.0 Å². The molecule has 1 aromatic rings. The SMILES string of the molecule is CC[C@]1(CC#N)CC[C@H](NCc2ccccc2)CC1. The smallest absolute Gasteiger partial charge is 0.0627 e. The number of nitrogens with zero attached hydrogens (tertiary/aromatic N) is 1. The standard InChI is InChI=1S/C17H24N2/c1-2-17(12-13-18)10-8-16(9-11-17)19-14-15-6-4-3-5-7-15/h3-7,16,19H,2,8-12,14H2,1H3/t16-,17-. The number of nitrogens with one attached hydrogen (secondary N) is 1. The second-order valence-corrected chi connectivity index (χ2v) is 5.83. The van der Waals surface area contributed by atoms with E-state index >= 15 is 0 Å². The van der Waals surface area contributed by atoms with Crippen molar-refractivity contribution in [3.63, 3.8) is 0 Å². The van der Waals surface area contributed by atoms with Gasteiger partial charge in [-0.15, -0.1) is 0 Å². The molecule has 0 amide bonds. The van der Waals surface area contributed by atoms with Crippen LogP contribution in [-0.2, 0) is 6.54 Å². The fourth-order valence-electron chi connectivity index (χ4n) is 3.12. The van der Waals surface area contributed by atoms with E-state index in [-0.39, 0.29) is 0 Å². The second-order valence-electron chi connectivity index (χ2n) is 5.83. The van der Waals surface area contributed by atoms with Crippen molar-refractivity contribution in [2.75, 3.05) is 0 Å². The lowest BCUT2D eigenvalue weighted by molar-refractivity contribution is 0.159. The van der Waals surface area contributed by atoms with Crippen LogP contribution in [0.15, 0.2) is 30.3 Å². The first-order valence-electron chi connectivity index (χ1n) is 7.42. The van der Waals surface area contributed by atoms with Gasteiger partial charge in [0, 0.05) is 19.0 Å². The average molecular weight is 256 g/mol. The molecule has 0 aliphatic heterocycles. The highest BCUT2D eigenvalue weighted by molar-refractivity contribution is 5.14. The van der Waals surface area contributed by atoms with Crippen molar-refractivity contribution in [1.82, 2.24) is 5.32 Å². The van der Waals surface area contributed by atoms with Crippen molar-refractivity contribution < 1.29 is 0 Å². The zero-order chi connectivity index (χ0) is 13.6. The summed E-state index contributed by atoms with van der Waals surface area (Å²) < 4.78 is 0. The van der Waals surface area contributed by atoms with Crippen molar-refractivity contribution in [1.29, 1.82) is 5.26 Å². The number of nitriles is 1. The van der Waals surface area contributed by atoms with Crippen molar-refractivity contribution in [3.05, 3.63) is 35.9 Å². The average Bonchev–Trinajstić information content (AvgIpc) is 2.48. The molecular weight excluding hydrogens is 232 g/mol. The van der Waals surface area contributed by atoms with E-state index < -0.39 is 0 Å². The molecule has 0 saturated heterocycles. The summed E-state index contributed by atoms with van der Waals surface area (Å²) in [6.45, 7) is 3.19. The highest BCUT2D eigenvalue weighted by atomic mass is 14.9. The van der Waals surface area contributed by atoms with E-state index in [9.17, 15) is 0 Å². The Bertz CT molecular complexity index is 411. The van der Waals surface area contributed by atoms with E-state index in [1.807, 2.05) is 0 Å². The van der Waals surface area contributed by atoms with E-state index in [2.05, 4.69) is 48.6 Å². The van der Waals surface area contributed by atoms with Crippen LogP contribution in [0.25, 0.3) is 0 Å². The topological polar surface area (TPSA) is 35.8 Å². The van der Waals surface area contributed by atoms with Crippen LogP contribution in [0, 0.1) is 16.7 Å². The Balaban J connectivity index is 1.79. The van der Waals surface area contributed by atoms with Gasteiger partial charge >= 0.3 is 0 Å². The monoisotopic (exact) mass is 256 g/mol. The molecule has 1 N–H and O–H groups in total. The molecule has 0 radical (unpaired) electrons. The minimum absolute atomic E-state index is 0.305. The Labute approximate surface area is 116 Å². The molecule has 2 rings (SSSR count). The van der Waals surface area contributed by atoms with Crippen LogP contribution >= 0.6 is 0 Å². The Kier molecular flexibility index (Phi) is 4.99. The summed E-state index contributed by atoms with van der Waals surface area (Å²) in [7, 11) is 0. The molecule has 1 aromatic carbocycles. The summed E-state index contributed by atoms with van der Waals surface area (Å²) in [6, 6.07) is 13.6. The van der Waals surface area contributed by atoms with Gasteiger partial charge in [0.1, 0.15) is 0 Å². The quantitative estimate of drug-likeness (QED) is 0.863. The fraction of sp³-hybridized carbons (Fsp3) is 0.588. The molecule has 0 heterocycles. The van der Waals surface area contributed by atoms with Gasteiger partial charge in [-0.2, -0.15) is 5.26 Å². The predicted molar refractivity (Wildman–Crippen MR) is 78.5 cm³/mol. The van der Waals surface area contributed by atoms with E-state index in [4.69, 9.17) is 5.26 Å². The summed E-state index contributed by atoms with van der Waals surface area (Å²) in [5.74, 6) is 0. The van der Waals surface area contributed by atoms with E-state index in [1.54, 1.807) is 0 Å². The van der Waals surface area contributed by atoms with Crippen molar-refractivity contribution in [3.8, 4) is 6.07 Å². The Morgan fingerprint density at radius 2 is 1.95 bits per heavy atom. The molecule has 2 nitrogen and oxygen atoms in total. The highest BCUT2D eigenvalue weighted by Gasteiger charge is 2.33. The van der Waals surface area contributed by atoms with Gasteiger partial charge < -0.3 is 5.32 Å². The Hall–Kier alpha value is -1.33. The van der Waals surface area contributed by atoms with E-state index in [0.29, 0.717) is 11.5 Å². The van der Waals surface area contributed by atoms with Crippen LogP contribution in [0.4, 0.5) is 0 Å². The van der Waals surface area contributed by atoms with Crippen LogP contribution < -0.4 is 5.32 Å². The van der Waals surface area contributed by atoms with E-state index in [0.717, 1.165) is 19.4 Å². The van der Waals surface area contributed by atoms with Gasteiger partial charge in [0.15, 0.2) is 0 Å². The Morgan fingerprint density at radius 1 is 1.26 bits per heavy atom. The van der Waals surface area contributed by atoms with Crippen molar-refractivity contribution >= 4 is 0 Å². The molecule has 0 spiro atoms. The number of benzene rings is 1. The molecule has 102 valence electrons. The molecule has 1 saturated carbocycles. The first-order chi connectivity index (χ1) is 9.28. The normalized spacial score (nSPS) is 26.8. The van der Waals surface area contributed by atoms with Gasteiger partial charge in [-0.05, 0) is 43.1 Å². The molecule has 0 atom stereocenters. The van der Waals surface area contributed by atoms with Gasteiger partial charge in [-0.25, -0.2) is 0 Å². The van der Waals surface area contributed by atoms with Crippen molar-refractivity contribution in [2.24, 2.45) is 5.41 Å². The lowest BCUT2D eigenvalue weighted by Crippen LogP contribution is -2.37. The summed E-state index contributed by atoms with van der Waals surface area (Å²) in [6.07, 6.45) is 6.69. The minimum Gasteiger partial charge on any atom is -0.310 e. The maximum Gasteiger partial charge on any atom is 0.0627 e. The largest absolute Gasteiger partial charge is 0.310 e. The first-order valence-corrected chi connectivity index (χ1v) is 7.42. The third-order valence-corrected chi connectivity index (χ3v) is 4.69. The maximum absolute atomic E-state index is 8.97. The number of hydrogen-bond donors (Lipinski definition) is 1. The minimum atomic E-state index is 0.305. The van der Waals surface area contributed by atoms with Gasteiger partial charge in [0.25, 0.3) is 0 Å². The molecule has 0 bridgehead atoms. The lowest BCUT2D eigenvalue weighted by Gasteiger charge is -2.38. The van der Waals surface area contributed by atoms with Crippen molar-refractivity contribution in [2.45, 2.75) is 58.0 Å². The molecular formula is C17H24N2. The van der Waals surface area contributed by atoms with Crippen LogP contribution in [-0.4, -0.2) is 6.04 Å². The number of rotatable bonds is 5. The molecule has 19 heavy (non-hydrogen) atoms.